The number of amides is 3. The Balaban J connectivity index is 1.85. The zero-order valence-electron chi connectivity index (χ0n) is 18.3. The zero-order chi connectivity index (χ0) is 23.3. The fraction of sp³-hybridized carbons (Fsp3) is 0.292. The van der Waals surface area contributed by atoms with Crippen LogP contribution in [0.15, 0.2) is 59.8 Å². The molecule has 1 heterocycles. The van der Waals surface area contributed by atoms with Crippen molar-refractivity contribution in [3.63, 3.8) is 0 Å². The van der Waals surface area contributed by atoms with Gasteiger partial charge >= 0.3 is 12.0 Å². The van der Waals surface area contributed by atoms with Crippen molar-refractivity contribution in [3.05, 3.63) is 76.0 Å². The largest absolute Gasteiger partial charge is 0.463 e. The van der Waals surface area contributed by atoms with Crippen molar-refractivity contribution in [1.29, 1.82) is 0 Å². The molecule has 1 aliphatic heterocycles. The van der Waals surface area contributed by atoms with Crippen LogP contribution in [0.1, 0.15) is 49.2 Å². The Morgan fingerprint density at radius 3 is 2.34 bits per heavy atom. The SMILES string of the molecule is CCCN1C(=O)NC(c2ccc(NC(=O)c3ccc(Cl)cc3)cc2)C(C(=O)OCC)=C1C. The molecule has 1 atom stereocenters. The summed E-state index contributed by atoms with van der Waals surface area (Å²) in [7, 11) is 0. The second kappa shape index (κ2) is 10.3. The maximum Gasteiger partial charge on any atom is 0.338 e. The predicted molar refractivity (Wildman–Crippen MR) is 123 cm³/mol. The molecule has 2 aromatic carbocycles. The van der Waals surface area contributed by atoms with Crippen LogP contribution in [-0.2, 0) is 9.53 Å². The number of carbonyl (C=O) groups excluding carboxylic acids is 3. The van der Waals surface area contributed by atoms with E-state index in [-0.39, 0.29) is 18.5 Å². The average Bonchev–Trinajstić information content (AvgIpc) is 2.77. The third kappa shape index (κ3) is 5.11. The molecule has 1 unspecified atom stereocenters. The standard InChI is InChI=1S/C24H26ClN3O4/c1-4-14-28-15(3)20(23(30)32-5-2)21(27-24(28)31)16-8-12-19(13-9-16)26-22(29)17-6-10-18(25)11-7-17/h6-13,21H,4-5,14H2,1-3H3,(H,26,29)(H,27,31). The van der Waals surface area contributed by atoms with Crippen LogP contribution in [0.5, 0.6) is 0 Å². The van der Waals surface area contributed by atoms with Gasteiger partial charge in [-0.15, -0.1) is 0 Å². The van der Waals surface area contributed by atoms with Gasteiger partial charge in [0.05, 0.1) is 18.2 Å². The first-order valence-electron chi connectivity index (χ1n) is 10.5. The lowest BCUT2D eigenvalue weighted by Crippen LogP contribution is -2.48. The number of benzene rings is 2. The van der Waals surface area contributed by atoms with E-state index in [0.29, 0.717) is 39.7 Å². The number of urea groups is 1. The molecule has 1 aliphatic rings. The summed E-state index contributed by atoms with van der Waals surface area (Å²) in [6, 6.07) is 12.7. The molecule has 0 spiro atoms. The van der Waals surface area contributed by atoms with Gasteiger partial charge in [-0.2, -0.15) is 0 Å². The van der Waals surface area contributed by atoms with Crippen molar-refractivity contribution in [2.75, 3.05) is 18.5 Å². The minimum absolute atomic E-state index is 0.236. The normalized spacial score (nSPS) is 15.9. The molecule has 0 aromatic heterocycles. The number of carbonyl (C=O) groups is 3. The third-order valence-corrected chi connectivity index (χ3v) is 5.40. The van der Waals surface area contributed by atoms with Crippen molar-refractivity contribution in [3.8, 4) is 0 Å². The average molecular weight is 456 g/mol. The van der Waals surface area contributed by atoms with Gasteiger partial charge in [0.2, 0.25) is 0 Å². The van der Waals surface area contributed by atoms with Crippen molar-refractivity contribution in [1.82, 2.24) is 10.2 Å². The van der Waals surface area contributed by atoms with Gasteiger partial charge in [-0.05, 0) is 62.2 Å². The summed E-state index contributed by atoms with van der Waals surface area (Å²) < 4.78 is 5.26. The van der Waals surface area contributed by atoms with Crippen LogP contribution in [0.2, 0.25) is 5.02 Å². The zero-order valence-corrected chi connectivity index (χ0v) is 19.0. The van der Waals surface area contributed by atoms with Gasteiger partial charge in [-0.25, -0.2) is 9.59 Å². The highest BCUT2D eigenvalue weighted by Crippen LogP contribution is 2.32. The summed E-state index contributed by atoms with van der Waals surface area (Å²) in [5.74, 6) is -0.727. The highest BCUT2D eigenvalue weighted by atomic mass is 35.5. The number of rotatable bonds is 7. The number of hydrogen-bond donors (Lipinski definition) is 2. The lowest BCUT2D eigenvalue weighted by molar-refractivity contribution is -0.139. The smallest absolute Gasteiger partial charge is 0.338 e. The number of ether oxygens (including phenoxy) is 1. The summed E-state index contributed by atoms with van der Waals surface area (Å²) in [6.07, 6.45) is 0.757. The molecule has 0 aliphatic carbocycles. The van der Waals surface area contributed by atoms with E-state index in [1.807, 2.05) is 6.92 Å². The molecule has 0 saturated carbocycles. The Labute approximate surface area is 192 Å². The van der Waals surface area contributed by atoms with Crippen LogP contribution in [0.4, 0.5) is 10.5 Å². The lowest BCUT2D eigenvalue weighted by Gasteiger charge is -2.35. The van der Waals surface area contributed by atoms with E-state index < -0.39 is 12.0 Å². The summed E-state index contributed by atoms with van der Waals surface area (Å²) in [6.45, 7) is 6.21. The van der Waals surface area contributed by atoms with E-state index in [2.05, 4.69) is 10.6 Å². The van der Waals surface area contributed by atoms with E-state index in [9.17, 15) is 14.4 Å². The molecule has 0 saturated heterocycles. The molecule has 8 heteroatoms. The number of nitrogens with zero attached hydrogens (tertiary/aromatic N) is 1. The quantitative estimate of drug-likeness (QED) is 0.581. The van der Waals surface area contributed by atoms with E-state index in [1.165, 1.54) is 0 Å². The van der Waals surface area contributed by atoms with Crippen molar-refractivity contribution in [2.45, 2.75) is 33.2 Å². The van der Waals surface area contributed by atoms with Crippen molar-refractivity contribution >= 4 is 35.2 Å². The minimum atomic E-state index is -0.643. The molecule has 2 aromatic rings. The van der Waals surface area contributed by atoms with Gasteiger partial charge in [0.15, 0.2) is 0 Å². The van der Waals surface area contributed by atoms with Crippen LogP contribution in [-0.4, -0.2) is 36.0 Å². The molecule has 2 N–H and O–H groups in total. The van der Waals surface area contributed by atoms with Crippen LogP contribution in [0.3, 0.4) is 0 Å². The number of anilines is 1. The Morgan fingerprint density at radius 2 is 1.75 bits per heavy atom. The van der Waals surface area contributed by atoms with E-state index >= 15 is 0 Å². The number of esters is 1. The fourth-order valence-corrected chi connectivity index (χ4v) is 3.69. The van der Waals surface area contributed by atoms with Crippen molar-refractivity contribution in [2.24, 2.45) is 0 Å². The summed E-state index contributed by atoms with van der Waals surface area (Å²) in [4.78, 5) is 39.4. The summed E-state index contributed by atoms with van der Waals surface area (Å²) in [5, 5.41) is 6.28. The Hall–Kier alpha value is -3.32. The minimum Gasteiger partial charge on any atom is -0.463 e. The lowest BCUT2D eigenvalue weighted by atomic mass is 9.94. The first-order chi connectivity index (χ1) is 15.3. The molecule has 0 bridgehead atoms. The second-order valence-electron chi connectivity index (χ2n) is 7.34. The second-order valence-corrected chi connectivity index (χ2v) is 7.77. The van der Waals surface area contributed by atoms with Crippen LogP contribution in [0.25, 0.3) is 0 Å². The first kappa shape index (κ1) is 23.3. The molecule has 0 radical (unpaired) electrons. The Bertz CT molecular complexity index is 1030. The van der Waals surface area contributed by atoms with Crippen molar-refractivity contribution < 1.29 is 19.1 Å². The number of halogens is 1. The van der Waals surface area contributed by atoms with Gasteiger partial charge in [-0.1, -0.05) is 30.7 Å². The van der Waals surface area contributed by atoms with Gasteiger partial charge in [-0.3, -0.25) is 9.69 Å². The Kier molecular flexibility index (Phi) is 7.53. The highest BCUT2D eigenvalue weighted by Gasteiger charge is 2.36. The third-order valence-electron chi connectivity index (χ3n) is 5.15. The molecule has 32 heavy (non-hydrogen) atoms. The number of nitrogens with one attached hydrogen (secondary N) is 2. The highest BCUT2D eigenvalue weighted by molar-refractivity contribution is 6.30. The number of hydrogen-bond acceptors (Lipinski definition) is 4. The van der Waals surface area contributed by atoms with Gasteiger partial charge in [0, 0.05) is 28.5 Å². The number of allylic oxidation sites excluding steroid dienone is 1. The van der Waals surface area contributed by atoms with E-state index in [0.717, 1.165) is 6.42 Å². The molecule has 3 amide bonds. The van der Waals surface area contributed by atoms with Gasteiger partial charge < -0.3 is 15.4 Å². The summed E-state index contributed by atoms with van der Waals surface area (Å²) >= 11 is 5.87. The van der Waals surface area contributed by atoms with Gasteiger partial charge in [0.25, 0.3) is 5.91 Å². The van der Waals surface area contributed by atoms with Crippen LogP contribution in [0, 0.1) is 0 Å². The fourth-order valence-electron chi connectivity index (χ4n) is 3.56. The molecule has 7 nitrogen and oxygen atoms in total. The van der Waals surface area contributed by atoms with Crippen LogP contribution < -0.4 is 10.6 Å². The van der Waals surface area contributed by atoms with E-state index in [1.54, 1.807) is 67.3 Å². The molecular formula is C24H26ClN3O4. The topological polar surface area (TPSA) is 87.7 Å². The molecule has 168 valence electrons. The monoisotopic (exact) mass is 455 g/mol. The molecule has 0 fully saturated rings. The van der Waals surface area contributed by atoms with E-state index in [4.69, 9.17) is 16.3 Å². The molecule has 3 rings (SSSR count). The predicted octanol–water partition coefficient (Wildman–Crippen LogP) is 4.91. The van der Waals surface area contributed by atoms with Crippen LogP contribution >= 0.6 is 11.6 Å². The molecular weight excluding hydrogens is 430 g/mol. The maximum absolute atomic E-state index is 12.7. The van der Waals surface area contributed by atoms with Gasteiger partial charge in [0.1, 0.15) is 0 Å². The Morgan fingerprint density at radius 1 is 1.09 bits per heavy atom. The first-order valence-corrected chi connectivity index (χ1v) is 10.9. The summed E-state index contributed by atoms with van der Waals surface area (Å²) in [5.41, 5.74) is 2.76. The maximum atomic E-state index is 12.7.